The van der Waals surface area contributed by atoms with Crippen molar-refractivity contribution in [3.8, 4) is 0 Å². The van der Waals surface area contributed by atoms with Crippen LogP contribution >= 0.6 is 11.6 Å². The summed E-state index contributed by atoms with van der Waals surface area (Å²) in [6.45, 7) is 1.96. The van der Waals surface area contributed by atoms with Crippen molar-refractivity contribution >= 4 is 17.5 Å². The van der Waals surface area contributed by atoms with Crippen molar-refractivity contribution in [1.29, 1.82) is 0 Å². The second-order valence-corrected chi connectivity index (χ2v) is 3.28. The van der Waals surface area contributed by atoms with Gasteiger partial charge in [0.1, 0.15) is 0 Å². The van der Waals surface area contributed by atoms with Gasteiger partial charge in [-0.3, -0.25) is 0 Å². The molecule has 1 N–H and O–H groups in total. The van der Waals surface area contributed by atoms with E-state index in [1.54, 1.807) is 4.90 Å². The number of aromatic nitrogens is 2. The summed E-state index contributed by atoms with van der Waals surface area (Å²) in [5.41, 5.74) is 0. The number of halogens is 1. The van der Waals surface area contributed by atoms with Crippen LogP contribution in [0.5, 0.6) is 0 Å². The molecule has 1 rings (SSSR count). The first kappa shape index (κ1) is 10.2. The number of nitrogens with zero attached hydrogens (tertiary/aromatic N) is 3. The Hall–Kier alpha value is -0.870. The highest BCUT2D eigenvalue weighted by Crippen LogP contribution is 2.10. The fourth-order valence-corrected chi connectivity index (χ4v) is 0.905. The van der Waals surface area contributed by atoms with Gasteiger partial charge in [0.25, 0.3) is 0 Å². The molecule has 0 aliphatic heterocycles. The van der Waals surface area contributed by atoms with Gasteiger partial charge in [0.05, 0.1) is 30.1 Å². The van der Waals surface area contributed by atoms with Crippen LogP contribution in [0.4, 0.5) is 5.95 Å². The Balaban J connectivity index is 2.77. The Bertz CT molecular complexity index is 265. The SMILES string of the molecule is C[C@H](CO)N(C)c1ncc(Cl)cn1. The molecule has 1 aromatic rings. The summed E-state index contributed by atoms with van der Waals surface area (Å²) in [6.07, 6.45) is 3.06. The van der Waals surface area contributed by atoms with E-state index in [9.17, 15) is 0 Å². The highest BCUT2D eigenvalue weighted by atomic mass is 35.5. The number of hydrogen-bond donors (Lipinski definition) is 1. The first-order valence-corrected chi connectivity index (χ1v) is 4.34. The van der Waals surface area contributed by atoms with Crippen LogP contribution in [0.1, 0.15) is 6.92 Å². The van der Waals surface area contributed by atoms with E-state index in [1.807, 2.05) is 14.0 Å². The Morgan fingerprint density at radius 2 is 2.08 bits per heavy atom. The van der Waals surface area contributed by atoms with Gasteiger partial charge in [-0.2, -0.15) is 0 Å². The lowest BCUT2D eigenvalue weighted by Crippen LogP contribution is -2.33. The molecule has 0 amide bonds. The van der Waals surface area contributed by atoms with Crippen molar-refractivity contribution in [3.63, 3.8) is 0 Å². The standard InChI is InChI=1S/C8H12ClN3O/c1-6(5-13)12(2)8-10-3-7(9)4-11-8/h3-4,6,13H,5H2,1-2H3/t6-/m1/s1. The lowest BCUT2D eigenvalue weighted by molar-refractivity contribution is 0.269. The van der Waals surface area contributed by atoms with E-state index < -0.39 is 0 Å². The lowest BCUT2D eigenvalue weighted by Gasteiger charge is -2.22. The first-order valence-electron chi connectivity index (χ1n) is 3.96. The Morgan fingerprint density at radius 1 is 1.54 bits per heavy atom. The summed E-state index contributed by atoms with van der Waals surface area (Å²) in [4.78, 5) is 9.83. The highest BCUT2D eigenvalue weighted by molar-refractivity contribution is 6.30. The molecular weight excluding hydrogens is 190 g/mol. The smallest absolute Gasteiger partial charge is 0.225 e. The van der Waals surface area contributed by atoms with Crippen LogP contribution in [0.15, 0.2) is 12.4 Å². The molecule has 72 valence electrons. The summed E-state index contributed by atoms with van der Waals surface area (Å²) in [7, 11) is 1.82. The Kier molecular flexibility index (Phi) is 3.45. The van der Waals surface area contributed by atoms with Gasteiger partial charge in [-0.25, -0.2) is 9.97 Å². The summed E-state index contributed by atoms with van der Waals surface area (Å²) in [6, 6.07) is 0.00109. The second-order valence-electron chi connectivity index (χ2n) is 2.84. The molecule has 1 atom stereocenters. The molecule has 0 aromatic carbocycles. The second kappa shape index (κ2) is 4.39. The Morgan fingerprint density at radius 3 is 2.54 bits per heavy atom. The van der Waals surface area contributed by atoms with Gasteiger partial charge < -0.3 is 10.0 Å². The van der Waals surface area contributed by atoms with Crippen molar-refractivity contribution in [3.05, 3.63) is 17.4 Å². The number of aliphatic hydroxyl groups is 1. The van der Waals surface area contributed by atoms with Crippen LogP contribution < -0.4 is 4.90 Å². The van der Waals surface area contributed by atoms with Gasteiger partial charge in [-0.15, -0.1) is 0 Å². The first-order chi connectivity index (χ1) is 6.15. The molecule has 0 spiro atoms. The number of anilines is 1. The fourth-order valence-electron chi connectivity index (χ4n) is 0.807. The molecule has 13 heavy (non-hydrogen) atoms. The average molecular weight is 202 g/mol. The third-order valence-electron chi connectivity index (χ3n) is 1.85. The molecule has 0 saturated carbocycles. The van der Waals surface area contributed by atoms with E-state index in [0.29, 0.717) is 11.0 Å². The van der Waals surface area contributed by atoms with Crippen molar-refractivity contribution in [2.75, 3.05) is 18.6 Å². The van der Waals surface area contributed by atoms with Gasteiger partial charge in [0, 0.05) is 7.05 Å². The molecule has 1 aromatic heterocycles. The van der Waals surface area contributed by atoms with E-state index >= 15 is 0 Å². The predicted octanol–water partition coefficient (Wildman–Crippen LogP) is 0.947. The Labute approximate surface area is 82.2 Å². The van der Waals surface area contributed by atoms with Crippen LogP contribution in [0.2, 0.25) is 5.02 Å². The summed E-state index contributed by atoms with van der Waals surface area (Å²) >= 11 is 5.64. The molecule has 0 radical (unpaired) electrons. The largest absolute Gasteiger partial charge is 0.394 e. The summed E-state index contributed by atoms with van der Waals surface area (Å²) in [5, 5.41) is 9.41. The normalized spacial score (nSPS) is 12.6. The number of aliphatic hydroxyl groups excluding tert-OH is 1. The fraction of sp³-hybridized carbons (Fsp3) is 0.500. The number of likely N-dealkylation sites (N-methyl/N-ethyl adjacent to an activating group) is 1. The van der Waals surface area contributed by atoms with E-state index in [4.69, 9.17) is 16.7 Å². The van der Waals surface area contributed by atoms with Crippen molar-refractivity contribution in [1.82, 2.24) is 9.97 Å². The number of hydrogen-bond acceptors (Lipinski definition) is 4. The maximum Gasteiger partial charge on any atom is 0.225 e. The predicted molar refractivity (Wildman–Crippen MR) is 52.0 cm³/mol. The quantitative estimate of drug-likeness (QED) is 0.791. The van der Waals surface area contributed by atoms with Crippen LogP contribution in [0.3, 0.4) is 0 Å². The van der Waals surface area contributed by atoms with Crippen molar-refractivity contribution in [2.24, 2.45) is 0 Å². The van der Waals surface area contributed by atoms with Crippen molar-refractivity contribution in [2.45, 2.75) is 13.0 Å². The molecule has 0 aliphatic rings. The minimum atomic E-state index is 0.00109. The van der Waals surface area contributed by atoms with Gasteiger partial charge in [0.15, 0.2) is 0 Å². The molecular formula is C8H12ClN3O. The summed E-state index contributed by atoms with van der Waals surface area (Å²) in [5.74, 6) is 0.561. The maximum atomic E-state index is 8.90. The van der Waals surface area contributed by atoms with Gasteiger partial charge in [-0.05, 0) is 6.92 Å². The minimum absolute atomic E-state index is 0.00109. The van der Waals surface area contributed by atoms with E-state index in [2.05, 4.69) is 9.97 Å². The van der Waals surface area contributed by atoms with E-state index in [1.165, 1.54) is 12.4 Å². The third kappa shape index (κ3) is 2.54. The minimum Gasteiger partial charge on any atom is -0.394 e. The van der Waals surface area contributed by atoms with Gasteiger partial charge in [0.2, 0.25) is 5.95 Å². The molecule has 0 aliphatic carbocycles. The van der Waals surface area contributed by atoms with Crippen molar-refractivity contribution < 1.29 is 5.11 Å². The zero-order chi connectivity index (χ0) is 9.84. The zero-order valence-electron chi connectivity index (χ0n) is 7.61. The zero-order valence-corrected chi connectivity index (χ0v) is 8.36. The van der Waals surface area contributed by atoms with Crippen LogP contribution in [0, 0.1) is 0 Å². The molecule has 4 nitrogen and oxygen atoms in total. The molecule has 0 bridgehead atoms. The average Bonchev–Trinajstić information content (AvgIpc) is 2.17. The van der Waals surface area contributed by atoms with E-state index in [-0.39, 0.29) is 12.6 Å². The van der Waals surface area contributed by atoms with Gasteiger partial charge >= 0.3 is 0 Å². The monoisotopic (exact) mass is 201 g/mol. The molecule has 0 unspecified atom stereocenters. The lowest BCUT2D eigenvalue weighted by atomic mass is 10.3. The third-order valence-corrected chi connectivity index (χ3v) is 2.04. The maximum absolute atomic E-state index is 8.90. The molecule has 1 heterocycles. The van der Waals surface area contributed by atoms with Crippen LogP contribution in [0.25, 0.3) is 0 Å². The molecule has 0 saturated heterocycles. The topological polar surface area (TPSA) is 49.2 Å². The van der Waals surface area contributed by atoms with E-state index in [0.717, 1.165) is 0 Å². The molecule has 5 heteroatoms. The summed E-state index contributed by atoms with van der Waals surface area (Å²) < 4.78 is 0. The number of rotatable bonds is 3. The molecule has 0 fully saturated rings. The van der Waals surface area contributed by atoms with Crippen LogP contribution in [-0.4, -0.2) is 34.8 Å². The van der Waals surface area contributed by atoms with Crippen LogP contribution in [-0.2, 0) is 0 Å². The van der Waals surface area contributed by atoms with Gasteiger partial charge in [-0.1, -0.05) is 11.6 Å². The highest BCUT2D eigenvalue weighted by Gasteiger charge is 2.10.